The lowest BCUT2D eigenvalue weighted by molar-refractivity contribution is -0.199. The molecule has 2 aromatic carbocycles. The van der Waals surface area contributed by atoms with Gasteiger partial charge in [-0.25, -0.2) is 0 Å². The molecule has 6 heteroatoms. The Morgan fingerprint density at radius 2 is 2.08 bits per heavy atom. The van der Waals surface area contributed by atoms with Crippen LogP contribution >= 0.6 is 0 Å². The standard InChI is InChI=1S/C32H36N2O4/c1-20-5-4-6-21(17-20)9-12-27(35)33(2)24-13-14-32(36)26-18-23-10-11-25(37-3)29-28(23)31(32,30(24)38-29)15-16-34(26)19-22-7-8-22/h4-6,10-11,17,22,24,26,30,36H,7-8,13-16,18-19H2,1-3H3/t24-,26+,30-,31-,32+/m0/s1. The Bertz CT molecular complexity index is 1370. The summed E-state index contributed by atoms with van der Waals surface area (Å²) >= 11 is 0. The van der Waals surface area contributed by atoms with Gasteiger partial charge in [-0.2, -0.15) is 0 Å². The van der Waals surface area contributed by atoms with E-state index in [1.165, 1.54) is 18.4 Å². The molecule has 1 saturated heterocycles. The Balaban J connectivity index is 1.27. The Morgan fingerprint density at radius 1 is 1.24 bits per heavy atom. The van der Waals surface area contributed by atoms with Gasteiger partial charge in [-0.1, -0.05) is 24.1 Å². The van der Waals surface area contributed by atoms with Gasteiger partial charge in [-0.15, -0.1) is 0 Å². The number of nitrogens with zero attached hydrogens (tertiary/aromatic N) is 2. The van der Waals surface area contributed by atoms with E-state index in [0.29, 0.717) is 18.6 Å². The molecule has 1 N–H and O–H groups in total. The molecule has 0 aromatic heterocycles. The van der Waals surface area contributed by atoms with Crippen molar-refractivity contribution in [2.24, 2.45) is 5.92 Å². The normalized spacial score (nSPS) is 32.5. The molecule has 2 aliphatic heterocycles. The third-order valence-electron chi connectivity index (χ3n) is 10.1. The molecular weight excluding hydrogens is 476 g/mol. The maximum Gasteiger partial charge on any atom is 0.298 e. The minimum Gasteiger partial charge on any atom is -0.493 e. The summed E-state index contributed by atoms with van der Waals surface area (Å²) in [6.45, 7) is 4.03. The Hall–Kier alpha value is -3.01. The first-order valence-corrected chi connectivity index (χ1v) is 14.0. The number of benzene rings is 2. The fraction of sp³-hybridized carbons (Fsp3) is 0.531. The van der Waals surface area contributed by atoms with Gasteiger partial charge in [0.25, 0.3) is 5.91 Å². The average Bonchev–Trinajstić information content (AvgIpc) is 3.66. The van der Waals surface area contributed by atoms with E-state index in [1.54, 1.807) is 12.0 Å². The third-order valence-corrected chi connectivity index (χ3v) is 10.1. The van der Waals surface area contributed by atoms with Gasteiger partial charge in [0, 0.05) is 36.7 Å². The van der Waals surface area contributed by atoms with E-state index in [1.807, 2.05) is 44.3 Å². The first-order chi connectivity index (χ1) is 18.4. The monoisotopic (exact) mass is 512 g/mol. The molecule has 2 bridgehead atoms. The molecule has 198 valence electrons. The summed E-state index contributed by atoms with van der Waals surface area (Å²) in [5, 5.41) is 12.7. The highest BCUT2D eigenvalue weighted by molar-refractivity contribution is 5.94. The van der Waals surface area contributed by atoms with Crippen molar-refractivity contribution in [2.45, 2.75) is 74.7 Å². The number of hydrogen-bond donors (Lipinski definition) is 1. The molecule has 2 aromatic rings. The van der Waals surface area contributed by atoms with Crippen molar-refractivity contribution >= 4 is 5.91 Å². The molecule has 3 aliphatic carbocycles. The van der Waals surface area contributed by atoms with Crippen LogP contribution in [0.1, 0.15) is 54.4 Å². The number of carbonyl (C=O) groups excluding carboxylic acids is 1. The van der Waals surface area contributed by atoms with Crippen molar-refractivity contribution in [1.82, 2.24) is 9.80 Å². The van der Waals surface area contributed by atoms with Crippen molar-refractivity contribution in [3.8, 4) is 23.3 Å². The molecule has 1 amide bonds. The van der Waals surface area contributed by atoms with E-state index < -0.39 is 11.0 Å². The number of amides is 1. The number of carbonyl (C=O) groups is 1. The molecular formula is C32H36N2O4. The maximum atomic E-state index is 13.4. The van der Waals surface area contributed by atoms with Crippen LogP contribution < -0.4 is 9.47 Å². The highest BCUT2D eigenvalue weighted by atomic mass is 16.5. The summed E-state index contributed by atoms with van der Waals surface area (Å²) < 4.78 is 12.6. The van der Waals surface area contributed by atoms with E-state index in [9.17, 15) is 9.90 Å². The fourth-order valence-electron chi connectivity index (χ4n) is 8.09. The molecule has 1 spiro atoms. The van der Waals surface area contributed by atoms with Gasteiger partial charge in [-0.05, 0) is 87.2 Å². The second kappa shape index (κ2) is 8.49. The fourth-order valence-corrected chi connectivity index (χ4v) is 8.09. The van der Waals surface area contributed by atoms with Crippen molar-refractivity contribution < 1.29 is 19.4 Å². The second-order valence-electron chi connectivity index (χ2n) is 12.1. The molecule has 5 atom stereocenters. The number of ether oxygens (including phenoxy) is 2. The third kappa shape index (κ3) is 3.31. The molecule has 6 nitrogen and oxygen atoms in total. The predicted octanol–water partition coefficient (Wildman–Crippen LogP) is 3.45. The van der Waals surface area contributed by atoms with Crippen molar-refractivity contribution in [3.63, 3.8) is 0 Å². The summed E-state index contributed by atoms with van der Waals surface area (Å²) in [5.74, 6) is 7.94. The van der Waals surface area contributed by atoms with E-state index in [0.717, 1.165) is 54.3 Å². The van der Waals surface area contributed by atoms with Gasteiger partial charge in [0.1, 0.15) is 6.10 Å². The van der Waals surface area contributed by atoms with Crippen molar-refractivity contribution in [1.29, 1.82) is 0 Å². The van der Waals surface area contributed by atoms with Crippen LogP contribution in [0.3, 0.4) is 0 Å². The first-order valence-electron chi connectivity index (χ1n) is 14.0. The maximum absolute atomic E-state index is 13.4. The van der Waals surface area contributed by atoms with Crippen LogP contribution in [0.4, 0.5) is 0 Å². The molecule has 38 heavy (non-hydrogen) atoms. The van der Waals surface area contributed by atoms with Crippen LogP contribution in [0.2, 0.25) is 0 Å². The first kappa shape index (κ1) is 24.1. The minimum absolute atomic E-state index is 0.0675. The second-order valence-corrected chi connectivity index (χ2v) is 12.1. The summed E-state index contributed by atoms with van der Waals surface area (Å²) in [6, 6.07) is 11.9. The Labute approximate surface area is 224 Å². The van der Waals surface area contributed by atoms with Crippen LogP contribution in [-0.2, 0) is 16.6 Å². The average molecular weight is 513 g/mol. The van der Waals surface area contributed by atoms with E-state index >= 15 is 0 Å². The van der Waals surface area contributed by atoms with E-state index in [4.69, 9.17) is 9.47 Å². The number of methoxy groups -OCH3 is 1. The molecule has 0 radical (unpaired) electrons. The summed E-state index contributed by atoms with van der Waals surface area (Å²) in [6.07, 6.45) is 5.22. The van der Waals surface area contributed by atoms with Crippen LogP contribution in [-0.4, -0.2) is 71.8 Å². The zero-order valence-corrected chi connectivity index (χ0v) is 22.5. The number of hydrogen-bond acceptors (Lipinski definition) is 5. The van der Waals surface area contributed by atoms with Crippen molar-refractivity contribution in [3.05, 3.63) is 58.7 Å². The SMILES string of the molecule is COc1ccc2c3c1O[C@H]1[C@@H](N(C)C(=O)C#Cc4cccc(C)c4)CC[C@@]4(O)[C@@H](C2)N(CC2CC2)CC[C@]314. The number of aliphatic hydroxyl groups is 1. The Morgan fingerprint density at radius 3 is 2.84 bits per heavy atom. The molecule has 2 heterocycles. The summed E-state index contributed by atoms with van der Waals surface area (Å²) in [4.78, 5) is 17.7. The van der Waals surface area contributed by atoms with Crippen LogP contribution in [0.5, 0.6) is 11.5 Å². The van der Waals surface area contributed by atoms with E-state index in [-0.39, 0.29) is 24.1 Å². The van der Waals surface area contributed by atoms with Crippen LogP contribution in [0, 0.1) is 24.7 Å². The predicted molar refractivity (Wildman–Crippen MR) is 144 cm³/mol. The van der Waals surface area contributed by atoms with Gasteiger partial charge < -0.3 is 19.5 Å². The molecule has 5 aliphatic rings. The number of aryl methyl sites for hydroxylation is 1. The van der Waals surface area contributed by atoms with Crippen LogP contribution in [0.15, 0.2) is 36.4 Å². The van der Waals surface area contributed by atoms with Gasteiger partial charge in [0.05, 0.1) is 24.2 Å². The van der Waals surface area contributed by atoms with Gasteiger partial charge >= 0.3 is 0 Å². The molecule has 2 saturated carbocycles. The van der Waals surface area contributed by atoms with E-state index in [2.05, 4.69) is 22.8 Å². The zero-order valence-electron chi connectivity index (χ0n) is 22.5. The number of rotatable bonds is 4. The summed E-state index contributed by atoms with van der Waals surface area (Å²) in [5.41, 5.74) is 2.88. The van der Waals surface area contributed by atoms with Gasteiger partial charge in [-0.3, -0.25) is 9.69 Å². The quantitative estimate of drug-likeness (QED) is 0.636. The largest absolute Gasteiger partial charge is 0.493 e. The highest BCUT2D eigenvalue weighted by Crippen LogP contribution is 2.66. The molecule has 0 unspecified atom stereocenters. The number of piperidine rings is 1. The minimum atomic E-state index is -0.900. The topological polar surface area (TPSA) is 62.2 Å². The smallest absolute Gasteiger partial charge is 0.298 e. The molecule has 3 fully saturated rings. The lowest BCUT2D eigenvalue weighted by atomic mass is 9.48. The van der Waals surface area contributed by atoms with Crippen molar-refractivity contribution in [2.75, 3.05) is 27.2 Å². The Kier molecular flexibility index (Phi) is 5.38. The molecule has 7 rings (SSSR count). The lowest BCUT2D eigenvalue weighted by Crippen LogP contribution is -2.78. The lowest BCUT2D eigenvalue weighted by Gasteiger charge is -2.64. The number of likely N-dealkylation sites (tertiary alicyclic amines) is 1. The van der Waals surface area contributed by atoms with Crippen LogP contribution in [0.25, 0.3) is 0 Å². The number of likely N-dealkylation sites (N-methyl/N-ethyl adjacent to an activating group) is 1. The highest BCUT2D eigenvalue weighted by Gasteiger charge is 2.73. The van der Waals surface area contributed by atoms with Gasteiger partial charge in [0.2, 0.25) is 0 Å². The summed E-state index contributed by atoms with van der Waals surface area (Å²) in [7, 11) is 3.51. The zero-order chi connectivity index (χ0) is 26.2. The van der Waals surface area contributed by atoms with Gasteiger partial charge in [0.15, 0.2) is 11.5 Å².